The molecule has 0 fully saturated rings. The Bertz CT molecular complexity index is 1490. The minimum atomic E-state index is -4.16. The molecule has 0 atom stereocenters. The summed E-state index contributed by atoms with van der Waals surface area (Å²) < 4.78 is 35.8. The highest BCUT2D eigenvalue weighted by Crippen LogP contribution is 2.29. The van der Waals surface area contributed by atoms with E-state index in [0.717, 1.165) is 22.4 Å². The first-order valence-electron chi connectivity index (χ1n) is 13.1. The van der Waals surface area contributed by atoms with Crippen molar-refractivity contribution >= 4 is 21.8 Å². The summed E-state index contributed by atoms with van der Waals surface area (Å²) in [6.07, 6.45) is 0.621. The van der Waals surface area contributed by atoms with Crippen LogP contribution in [-0.2, 0) is 44.4 Å². The van der Waals surface area contributed by atoms with Crippen molar-refractivity contribution in [3.63, 3.8) is 0 Å². The Morgan fingerprint density at radius 2 is 1.48 bits per heavy atom. The SMILES string of the molecule is CCC(=O)OS(=O)(=O)Cc1ccc(O)cc1N(CCc1ccc(OCc2ccccc2)cc1)Cc1ccccc1. The van der Waals surface area contributed by atoms with Crippen LogP contribution >= 0.6 is 0 Å². The molecule has 1 N–H and O–H groups in total. The molecule has 0 saturated heterocycles. The van der Waals surface area contributed by atoms with Crippen molar-refractivity contribution in [1.82, 2.24) is 0 Å². The number of ether oxygens (including phenoxy) is 1. The predicted molar refractivity (Wildman–Crippen MR) is 156 cm³/mol. The van der Waals surface area contributed by atoms with Gasteiger partial charge in [-0.25, -0.2) is 0 Å². The van der Waals surface area contributed by atoms with E-state index in [2.05, 4.69) is 0 Å². The maximum Gasteiger partial charge on any atom is 0.321 e. The smallest absolute Gasteiger partial charge is 0.321 e. The number of carbonyl (C=O) groups excluding carboxylic acids is 1. The molecular weight excluding hydrogens is 526 g/mol. The van der Waals surface area contributed by atoms with Gasteiger partial charge < -0.3 is 18.9 Å². The molecule has 40 heavy (non-hydrogen) atoms. The average Bonchev–Trinajstić information content (AvgIpc) is 2.96. The Labute approximate surface area is 235 Å². The molecule has 0 unspecified atom stereocenters. The van der Waals surface area contributed by atoms with E-state index in [9.17, 15) is 18.3 Å². The Morgan fingerprint density at radius 3 is 2.12 bits per heavy atom. The molecule has 0 aliphatic carbocycles. The van der Waals surface area contributed by atoms with Gasteiger partial charge in [0.15, 0.2) is 0 Å². The summed E-state index contributed by atoms with van der Waals surface area (Å²) in [5, 5.41) is 10.3. The van der Waals surface area contributed by atoms with Crippen molar-refractivity contribution in [2.24, 2.45) is 0 Å². The van der Waals surface area contributed by atoms with Gasteiger partial charge in [0.05, 0.1) is 0 Å². The molecule has 4 aromatic carbocycles. The largest absolute Gasteiger partial charge is 0.508 e. The van der Waals surface area contributed by atoms with Gasteiger partial charge >= 0.3 is 16.1 Å². The summed E-state index contributed by atoms with van der Waals surface area (Å²) in [5.74, 6) is -0.513. The average molecular weight is 560 g/mol. The maximum absolute atomic E-state index is 12.6. The zero-order valence-electron chi connectivity index (χ0n) is 22.4. The summed E-state index contributed by atoms with van der Waals surface area (Å²) in [5.41, 5.74) is 4.19. The van der Waals surface area contributed by atoms with Crippen LogP contribution in [0, 0.1) is 0 Å². The highest BCUT2D eigenvalue weighted by molar-refractivity contribution is 7.86. The molecule has 7 nitrogen and oxygen atoms in total. The van der Waals surface area contributed by atoms with Gasteiger partial charge in [0, 0.05) is 31.3 Å². The summed E-state index contributed by atoms with van der Waals surface area (Å²) in [7, 11) is -4.16. The van der Waals surface area contributed by atoms with Crippen molar-refractivity contribution in [3.8, 4) is 11.5 Å². The normalized spacial score (nSPS) is 11.1. The van der Waals surface area contributed by atoms with E-state index in [1.807, 2.05) is 89.8 Å². The van der Waals surface area contributed by atoms with Crippen LogP contribution in [0.1, 0.15) is 35.6 Å². The van der Waals surface area contributed by atoms with Crippen LogP contribution in [-0.4, -0.2) is 26.0 Å². The number of hydrogen-bond acceptors (Lipinski definition) is 7. The lowest BCUT2D eigenvalue weighted by atomic mass is 10.1. The molecule has 0 aliphatic heterocycles. The minimum Gasteiger partial charge on any atom is -0.508 e. The summed E-state index contributed by atoms with van der Waals surface area (Å²) in [6.45, 7) is 3.06. The fraction of sp³-hybridized carbons (Fsp3) is 0.219. The van der Waals surface area contributed by atoms with Crippen molar-refractivity contribution in [1.29, 1.82) is 0 Å². The van der Waals surface area contributed by atoms with E-state index in [0.29, 0.717) is 37.4 Å². The van der Waals surface area contributed by atoms with E-state index in [-0.39, 0.29) is 12.2 Å². The first kappa shape index (κ1) is 28.7. The topological polar surface area (TPSA) is 93.1 Å². The van der Waals surface area contributed by atoms with Crippen LogP contribution in [0.25, 0.3) is 0 Å². The van der Waals surface area contributed by atoms with Crippen molar-refractivity contribution < 1.29 is 27.2 Å². The lowest BCUT2D eigenvalue weighted by Gasteiger charge is -2.28. The van der Waals surface area contributed by atoms with Crippen LogP contribution < -0.4 is 9.64 Å². The number of carbonyl (C=O) groups is 1. The maximum atomic E-state index is 12.6. The number of rotatable bonds is 13. The molecule has 8 heteroatoms. The highest BCUT2D eigenvalue weighted by Gasteiger charge is 2.22. The van der Waals surface area contributed by atoms with Gasteiger partial charge in [-0.05, 0) is 46.9 Å². The fourth-order valence-corrected chi connectivity index (χ4v) is 5.32. The summed E-state index contributed by atoms with van der Waals surface area (Å²) in [4.78, 5) is 13.7. The van der Waals surface area contributed by atoms with Crippen LogP contribution in [0.15, 0.2) is 103 Å². The number of hydrogen-bond donors (Lipinski definition) is 1. The van der Waals surface area contributed by atoms with Crippen LogP contribution in [0.3, 0.4) is 0 Å². The van der Waals surface area contributed by atoms with E-state index in [4.69, 9.17) is 8.92 Å². The minimum absolute atomic E-state index is 0.0136. The zero-order valence-corrected chi connectivity index (χ0v) is 23.2. The van der Waals surface area contributed by atoms with Gasteiger partial charge in [0.2, 0.25) is 0 Å². The van der Waals surface area contributed by atoms with Gasteiger partial charge in [-0.15, -0.1) is 0 Å². The van der Waals surface area contributed by atoms with Gasteiger partial charge in [-0.3, -0.25) is 4.79 Å². The summed E-state index contributed by atoms with van der Waals surface area (Å²) in [6, 6.07) is 32.2. The molecule has 0 saturated carbocycles. The Kier molecular flexibility index (Phi) is 9.81. The third-order valence-electron chi connectivity index (χ3n) is 6.31. The second kappa shape index (κ2) is 13.7. The highest BCUT2D eigenvalue weighted by atomic mass is 32.2. The monoisotopic (exact) mass is 559 g/mol. The van der Waals surface area contributed by atoms with Gasteiger partial charge in [0.25, 0.3) is 0 Å². The zero-order chi connectivity index (χ0) is 28.4. The van der Waals surface area contributed by atoms with Crippen LogP contribution in [0.5, 0.6) is 11.5 Å². The Balaban J connectivity index is 1.52. The standard InChI is InChI=1S/C32H33NO6S/c1-2-32(35)39-40(36,37)24-28-15-16-29(34)21-31(28)33(22-26-9-5-3-6-10-26)20-19-25-13-17-30(18-14-25)38-23-27-11-7-4-8-12-27/h3-18,21,34H,2,19-20,22-24H2,1H3. The van der Waals surface area contributed by atoms with E-state index < -0.39 is 21.8 Å². The molecule has 0 aliphatic rings. The third-order valence-corrected chi connectivity index (χ3v) is 7.41. The molecule has 0 bridgehead atoms. The Morgan fingerprint density at radius 1 is 0.825 bits per heavy atom. The molecule has 4 rings (SSSR count). The predicted octanol–water partition coefficient (Wildman–Crippen LogP) is 6.00. The van der Waals surface area contributed by atoms with Gasteiger partial charge in [0.1, 0.15) is 23.9 Å². The number of benzene rings is 4. The molecule has 0 radical (unpaired) electrons. The third kappa shape index (κ3) is 8.61. The summed E-state index contributed by atoms with van der Waals surface area (Å²) >= 11 is 0. The van der Waals surface area contributed by atoms with E-state index in [1.54, 1.807) is 12.1 Å². The number of phenols is 1. The molecule has 208 valence electrons. The first-order chi connectivity index (χ1) is 19.3. The molecule has 0 amide bonds. The second-order valence-corrected chi connectivity index (χ2v) is 11.0. The van der Waals surface area contributed by atoms with Crippen molar-refractivity contribution in [2.45, 2.75) is 38.7 Å². The van der Waals surface area contributed by atoms with Crippen LogP contribution in [0.4, 0.5) is 5.69 Å². The molecular formula is C32H33NO6S. The quantitative estimate of drug-likeness (QED) is 0.201. The fourth-order valence-electron chi connectivity index (χ4n) is 4.23. The van der Waals surface area contributed by atoms with Gasteiger partial charge in [-0.2, -0.15) is 8.42 Å². The van der Waals surface area contributed by atoms with Crippen molar-refractivity contribution in [3.05, 3.63) is 125 Å². The number of anilines is 1. The lowest BCUT2D eigenvalue weighted by molar-refractivity contribution is -0.133. The molecule has 0 spiro atoms. The van der Waals surface area contributed by atoms with Gasteiger partial charge in [-0.1, -0.05) is 85.8 Å². The number of aromatic hydroxyl groups is 1. The first-order valence-corrected chi connectivity index (χ1v) is 14.7. The molecule has 4 aromatic rings. The number of phenolic OH excluding ortho intramolecular Hbond substituents is 1. The number of nitrogens with zero attached hydrogens (tertiary/aromatic N) is 1. The van der Waals surface area contributed by atoms with E-state index in [1.165, 1.54) is 13.0 Å². The molecule has 0 heterocycles. The van der Waals surface area contributed by atoms with E-state index >= 15 is 0 Å². The van der Waals surface area contributed by atoms with Crippen molar-refractivity contribution in [2.75, 3.05) is 11.4 Å². The Hall–Kier alpha value is -4.30. The lowest BCUT2D eigenvalue weighted by Crippen LogP contribution is -2.27. The second-order valence-electron chi connectivity index (χ2n) is 9.40. The van der Waals surface area contributed by atoms with Crippen LogP contribution in [0.2, 0.25) is 0 Å². The molecule has 0 aromatic heterocycles.